The molecule has 0 heterocycles. The second-order valence-corrected chi connectivity index (χ2v) is 6.99. The van der Waals surface area contributed by atoms with E-state index in [-0.39, 0.29) is 57.1 Å². The molecule has 0 saturated heterocycles. The predicted molar refractivity (Wildman–Crippen MR) is 76.3 cm³/mol. The van der Waals surface area contributed by atoms with Gasteiger partial charge >= 0.3 is 57.4 Å². The van der Waals surface area contributed by atoms with E-state index in [1.807, 2.05) is 0 Å². The van der Waals surface area contributed by atoms with Gasteiger partial charge in [0.25, 0.3) is 5.56 Å². The summed E-state index contributed by atoms with van der Waals surface area (Å²) < 4.78 is 20.9. The first-order valence-corrected chi connectivity index (χ1v) is 8.37. The molecule has 0 aliphatic carbocycles. The van der Waals surface area contributed by atoms with Gasteiger partial charge in [0.1, 0.15) is 5.75 Å². The van der Waals surface area contributed by atoms with E-state index in [1.165, 1.54) is 38.1 Å². The minimum atomic E-state index is -4.84. The van der Waals surface area contributed by atoms with Crippen molar-refractivity contribution in [3.8, 4) is 5.75 Å². The number of ether oxygens (including phenoxy) is 2. The quantitative estimate of drug-likeness (QED) is 0.298. The molecule has 1 aromatic rings. The Kier molecular flexibility index (Phi) is 10.4. The van der Waals surface area contributed by atoms with Crippen LogP contribution in [0.15, 0.2) is 24.3 Å². The molecule has 3 atom stereocenters. The average molecular weight is 395 g/mol. The Morgan fingerprint density at radius 2 is 1.82 bits per heavy atom. The zero-order valence-electron chi connectivity index (χ0n) is 12.2. The zero-order chi connectivity index (χ0) is 16.2. The first-order chi connectivity index (χ1) is 9.61. The molecule has 0 spiro atoms. The number of rotatable bonds is 6. The molecule has 0 bridgehead atoms. The Balaban J connectivity index is 0.00000441. The summed E-state index contributed by atoms with van der Waals surface area (Å²) in [6.07, 6.45) is 0. The van der Waals surface area contributed by atoms with Crippen molar-refractivity contribution in [2.75, 3.05) is 0 Å². The third-order valence-electron chi connectivity index (χ3n) is 2.37. The van der Waals surface area contributed by atoms with Gasteiger partial charge in [0, 0.05) is 5.02 Å². The van der Waals surface area contributed by atoms with Crippen LogP contribution in [0, 0.1) is 5.92 Å². The average Bonchev–Trinajstić information content (AvgIpc) is 2.36. The Morgan fingerprint density at radius 3 is 2.23 bits per heavy atom. The van der Waals surface area contributed by atoms with Crippen LogP contribution in [0.4, 0.5) is 0 Å². The molecule has 6 nitrogen and oxygen atoms in total. The van der Waals surface area contributed by atoms with Crippen LogP contribution in [-0.4, -0.2) is 22.3 Å². The fraction of sp³-hybridized carbons (Fsp3) is 0.417. The molecule has 1 N–H and O–H groups in total. The van der Waals surface area contributed by atoms with Gasteiger partial charge in [0.05, 0.1) is 0 Å². The van der Waals surface area contributed by atoms with Gasteiger partial charge in [-0.3, -0.25) is 0 Å². The number of hydrogen-bond acceptors (Lipinski definition) is 5. The van der Waals surface area contributed by atoms with E-state index in [2.05, 4.69) is 4.74 Å². The predicted octanol–water partition coefficient (Wildman–Crippen LogP) is -0.641. The van der Waals surface area contributed by atoms with Crippen molar-refractivity contribution in [2.24, 2.45) is 5.92 Å². The van der Waals surface area contributed by atoms with E-state index in [9.17, 15) is 14.3 Å². The number of carbonyl (C=O) groups excluding carboxylic acids is 1. The molecule has 3 unspecified atom stereocenters. The Morgan fingerprint density at radius 1 is 1.32 bits per heavy atom. The molecule has 0 aliphatic rings. The van der Waals surface area contributed by atoms with Crippen LogP contribution >= 0.6 is 30.8 Å². The minimum absolute atomic E-state index is 0. The van der Waals surface area contributed by atoms with Gasteiger partial charge in [-0.05, 0) is 30.2 Å². The van der Waals surface area contributed by atoms with Gasteiger partial charge < -0.3 is 23.8 Å². The molecule has 0 radical (unpaired) electrons. The molecular formula is C12H14Cl2KO6P. The van der Waals surface area contributed by atoms with Crippen molar-refractivity contribution < 1.29 is 80.0 Å². The molecule has 10 heteroatoms. The zero-order valence-corrected chi connectivity index (χ0v) is 17.8. The molecule has 0 aliphatic heterocycles. The van der Waals surface area contributed by atoms with Crippen LogP contribution in [0.3, 0.4) is 0 Å². The summed E-state index contributed by atoms with van der Waals surface area (Å²) in [6.45, 7) is 2.95. The first-order valence-electron chi connectivity index (χ1n) is 5.91. The molecule has 0 fully saturated rings. The molecule has 0 saturated carbocycles. The van der Waals surface area contributed by atoms with E-state index in [0.717, 1.165) is 0 Å². The SMILES string of the molecule is CC(C)C(OC(=O)C(Cl)Oc1ccc(Cl)cc1)P(=O)([O-])O.[K+]. The van der Waals surface area contributed by atoms with Gasteiger partial charge in [-0.2, -0.15) is 0 Å². The maximum absolute atomic E-state index is 11.7. The fourth-order valence-electron chi connectivity index (χ4n) is 1.43. The number of halogens is 2. The van der Waals surface area contributed by atoms with Gasteiger partial charge in [-0.1, -0.05) is 37.0 Å². The van der Waals surface area contributed by atoms with Crippen LogP contribution in [0.1, 0.15) is 13.8 Å². The summed E-state index contributed by atoms with van der Waals surface area (Å²) in [5.41, 5.74) is -1.56. The number of alkyl halides is 1. The van der Waals surface area contributed by atoms with Crippen molar-refractivity contribution in [1.82, 2.24) is 0 Å². The summed E-state index contributed by atoms with van der Waals surface area (Å²) in [7, 11) is -4.84. The van der Waals surface area contributed by atoms with Gasteiger partial charge in [0.15, 0.2) is 13.4 Å². The summed E-state index contributed by atoms with van der Waals surface area (Å²) >= 11 is 11.4. The van der Waals surface area contributed by atoms with Crippen molar-refractivity contribution in [3.05, 3.63) is 29.3 Å². The normalized spacial score (nSPS) is 16.1. The second kappa shape index (κ2) is 9.99. The molecule has 0 amide bonds. The Bertz CT molecular complexity index is 533. The van der Waals surface area contributed by atoms with E-state index in [0.29, 0.717) is 5.02 Å². The molecular weight excluding hydrogens is 381 g/mol. The third kappa shape index (κ3) is 7.62. The number of carbonyl (C=O) groups is 1. The maximum atomic E-state index is 11.7. The Labute approximate surface area is 181 Å². The van der Waals surface area contributed by atoms with E-state index in [4.69, 9.17) is 32.8 Å². The summed E-state index contributed by atoms with van der Waals surface area (Å²) in [5.74, 6) is -3.18. The largest absolute Gasteiger partial charge is 1.00 e. The van der Waals surface area contributed by atoms with Gasteiger partial charge in [-0.25, -0.2) is 4.79 Å². The smallest absolute Gasteiger partial charge is 0.776 e. The van der Waals surface area contributed by atoms with E-state index >= 15 is 0 Å². The van der Waals surface area contributed by atoms with E-state index < -0.39 is 30.9 Å². The molecule has 0 aromatic heterocycles. The minimum Gasteiger partial charge on any atom is -0.776 e. The summed E-state index contributed by atoms with van der Waals surface area (Å²) in [5, 5.41) is 0.475. The molecule has 1 aromatic carbocycles. The second-order valence-electron chi connectivity index (χ2n) is 4.52. The topological polar surface area (TPSA) is 95.9 Å². The summed E-state index contributed by atoms with van der Waals surface area (Å²) in [6, 6.07) is 6.02. The summed E-state index contributed by atoms with van der Waals surface area (Å²) in [4.78, 5) is 31.9. The Hall–Kier alpha value is 0.856. The van der Waals surface area contributed by atoms with Crippen molar-refractivity contribution in [2.45, 2.75) is 25.3 Å². The molecule has 1 rings (SSSR count). The van der Waals surface area contributed by atoms with Crippen LogP contribution in [0.25, 0.3) is 0 Å². The van der Waals surface area contributed by atoms with Crippen LogP contribution in [0.2, 0.25) is 5.02 Å². The van der Waals surface area contributed by atoms with Crippen molar-refractivity contribution in [3.63, 3.8) is 0 Å². The number of esters is 1. The molecule has 118 valence electrons. The maximum Gasteiger partial charge on any atom is 1.00 e. The van der Waals surface area contributed by atoms with Crippen LogP contribution in [0.5, 0.6) is 5.75 Å². The van der Waals surface area contributed by atoms with Crippen molar-refractivity contribution >= 4 is 36.8 Å². The van der Waals surface area contributed by atoms with Crippen LogP contribution in [-0.2, 0) is 14.1 Å². The fourth-order valence-corrected chi connectivity index (χ4v) is 2.70. The standard InChI is InChI=1S/C12H15Cl2O6P.K/c1-7(2)12(21(16,17)18)20-11(15)10(14)19-9-5-3-8(13)4-6-9;/h3-7,10,12H,1-2H3,(H2,16,17,18);/q;+1/p-1. The molecule has 22 heavy (non-hydrogen) atoms. The number of hydrogen-bond donors (Lipinski definition) is 1. The van der Waals surface area contributed by atoms with Crippen LogP contribution < -0.4 is 61.0 Å². The monoisotopic (exact) mass is 394 g/mol. The first kappa shape index (κ1) is 22.9. The van der Waals surface area contributed by atoms with Crippen molar-refractivity contribution in [1.29, 1.82) is 0 Å². The van der Waals surface area contributed by atoms with Gasteiger partial charge in [0.2, 0.25) is 0 Å². The number of benzene rings is 1. The van der Waals surface area contributed by atoms with E-state index in [1.54, 1.807) is 0 Å². The third-order valence-corrected chi connectivity index (χ3v) is 4.23. The van der Waals surface area contributed by atoms with Gasteiger partial charge in [-0.15, -0.1) is 0 Å².